The van der Waals surface area contributed by atoms with Gasteiger partial charge in [0.1, 0.15) is 11.3 Å². The number of urea groups is 1. The molecule has 0 atom stereocenters. The largest absolute Gasteiger partial charge is 0.493 e. The summed E-state index contributed by atoms with van der Waals surface area (Å²) in [5, 5.41) is 13.2. The summed E-state index contributed by atoms with van der Waals surface area (Å²) in [5.41, 5.74) is -0.148. The van der Waals surface area contributed by atoms with Crippen LogP contribution in [-0.4, -0.2) is 29.4 Å². The highest BCUT2D eigenvalue weighted by atomic mass is 79.9. The van der Waals surface area contributed by atoms with E-state index in [0.717, 1.165) is 18.9 Å². The number of barbiturate groups is 1. The van der Waals surface area contributed by atoms with Crippen LogP contribution in [0.2, 0.25) is 0 Å². The van der Waals surface area contributed by atoms with Gasteiger partial charge in [-0.05, 0) is 36.8 Å². The first-order valence-electron chi connectivity index (χ1n) is 9.40. The number of imide groups is 2. The Labute approximate surface area is 186 Å². The van der Waals surface area contributed by atoms with Gasteiger partial charge in [0, 0.05) is 22.2 Å². The van der Waals surface area contributed by atoms with Crippen LogP contribution in [0.4, 0.5) is 16.2 Å². The molecule has 0 aromatic heterocycles. The van der Waals surface area contributed by atoms with E-state index in [9.17, 15) is 24.5 Å². The fourth-order valence-electron chi connectivity index (χ4n) is 2.88. The van der Waals surface area contributed by atoms with E-state index in [-0.39, 0.29) is 16.9 Å². The molecule has 2 aromatic carbocycles. The molecule has 1 heterocycles. The summed E-state index contributed by atoms with van der Waals surface area (Å²) < 4.78 is 6.46. The highest BCUT2D eigenvalue weighted by Gasteiger charge is 2.37. The first-order chi connectivity index (χ1) is 14.8. The maximum absolute atomic E-state index is 13.0. The Morgan fingerprint density at radius 3 is 2.68 bits per heavy atom. The number of amides is 4. The summed E-state index contributed by atoms with van der Waals surface area (Å²) in [4.78, 5) is 48.9. The SMILES string of the molecule is CCCCOc1ccc(Br)cc1/C=C1/C(=O)NC(=O)N(c2cccc([N+](=O)[O-])c2)C1=O. The summed E-state index contributed by atoms with van der Waals surface area (Å²) >= 11 is 3.35. The van der Waals surface area contributed by atoms with Crippen LogP contribution < -0.4 is 15.0 Å². The Morgan fingerprint density at radius 2 is 1.97 bits per heavy atom. The Bertz CT molecular complexity index is 1100. The molecule has 1 aliphatic heterocycles. The molecular formula is C21H18BrN3O6. The summed E-state index contributed by atoms with van der Waals surface area (Å²) in [6.07, 6.45) is 3.11. The van der Waals surface area contributed by atoms with E-state index in [2.05, 4.69) is 21.2 Å². The predicted molar refractivity (Wildman–Crippen MR) is 117 cm³/mol. The molecule has 1 N–H and O–H groups in total. The number of nitrogens with one attached hydrogen (secondary N) is 1. The van der Waals surface area contributed by atoms with Gasteiger partial charge in [0.2, 0.25) is 0 Å². The lowest BCUT2D eigenvalue weighted by molar-refractivity contribution is -0.384. The lowest BCUT2D eigenvalue weighted by Gasteiger charge is -2.26. The van der Waals surface area contributed by atoms with Gasteiger partial charge in [-0.2, -0.15) is 0 Å². The lowest BCUT2D eigenvalue weighted by atomic mass is 10.1. The van der Waals surface area contributed by atoms with Crippen molar-refractivity contribution in [2.75, 3.05) is 11.5 Å². The number of halogens is 1. The molecule has 4 amide bonds. The molecular weight excluding hydrogens is 470 g/mol. The van der Waals surface area contributed by atoms with E-state index >= 15 is 0 Å². The van der Waals surface area contributed by atoms with Gasteiger partial charge in [0.15, 0.2) is 0 Å². The molecule has 160 valence electrons. The second kappa shape index (κ2) is 9.52. The Hall–Kier alpha value is -3.53. The molecule has 0 spiro atoms. The summed E-state index contributed by atoms with van der Waals surface area (Å²) in [6.45, 7) is 2.49. The average molecular weight is 488 g/mol. The number of rotatable bonds is 7. The van der Waals surface area contributed by atoms with Crippen molar-refractivity contribution in [3.05, 3.63) is 68.2 Å². The fraction of sp³-hybridized carbons (Fsp3) is 0.190. The van der Waals surface area contributed by atoms with E-state index in [1.807, 2.05) is 6.92 Å². The topological polar surface area (TPSA) is 119 Å². The van der Waals surface area contributed by atoms with Crippen molar-refractivity contribution >= 4 is 51.2 Å². The molecule has 0 radical (unpaired) electrons. The van der Waals surface area contributed by atoms with E-state index < -0.39 is 22.8 Å². The van der Waals surface area contributed by atoms with Crippen molar-refractivity contribution in [1.82, 2.24) is 5.32 Å². The molecule has 31 heavy (non-hydrogen) atoms. The van der Waals surface area contributed by atoms with Gasteiger partial charge in [0.05, 0.1) is 17.2 Å². The van der Waals surface area contributed by atoms with Crippen LogP contribution in [0.25, 0.3) is 6.08 Å². The Morgan fingerprint density at radius 1 is 1.19 bits per heavy atom. The molecule has 2 aromatic rings. The second-order valence-electron chi connectivity index (χ2n) is 6.62. The quantitative estimate of drug-likeness (QED) is 0.205. The van der Waals surface area contributed by atoms with Gasteiger partial charge < -0.3 is 4.74 Å². The predicted octanol–water partition coefficient (Wildman–Crippen LogP) is 4.20. The number of anilines is 1. The second-order valence-corrected chi connectivity index (χ2v) is 7.53. The number of hydrogen-bond acceptors (Lipinski definition) is 6. The summed E-state index contributed by atoms with van der Waals surface area (Å²) in [7, 11) is 0. The van der Waals surface area contributed by atoms with Crippen LogP contribution in [0.1, 0.15) is 25.3 Å². The first-order valence-corrected chi connectivity index (χ1v) is 10.2. The number of ether oxygens (including phenoxy) is 1. The molecule has 0 unspecified atom stereocenters. The maximum Gasteiger partial charge on any atom is 0.335 e. The van der Waals surface area contributed by atoms with Crippen LogP contribution in [0.5, 0.6) is 5.75 Å². The number of nitro benzene ring substituents is 1. The number of nitro groups is 1. The Kier molecular flexibility index (Phi) is 6.81. The molecule has 9 nitrogen and oxygen atoms in total. The average Bonchev–Trinajstić information content (AvgIpc) is 2.72. The number of benzene rings is 2. The number of hydrogen-bond donors (Lipinski definition) is 1. The molecule has 3 rings (SSSR count). The molecule has 10 heteroatoms. The van der Waals surface area contributed by atoms with E-state index in [0.29, 0.717) is 27.3 Å². The van der Waals surface area contributed by atoms with Crippen molar-refractivity contribution in [2.24, 2.45) is 0 Å². The van der Waals surface area contributed by atoms with Crippen LogP contribution >= 0.6 is 15.9 Å². The van der Waals surface area contributed by atoms with Crippen molar-refractivity contribution in [2.45, 2.75) is 19.8 Å². The van der Waals surface area contributed by atoms with Gasteiger partial charge in [-0.15, -0.1) is 0 Å². The number of nitrogens with zero attached hydrogens (tertiary/aromatic N) is 2. The number of carbonyl (C=O) groups excluding carboxylic acids is 3. The fourth-order valence-corrected chi connectivity index (χ4v) is 3.26. The van der Waals surface area contributed by atoms with Crippen molar-refractivity contribution in [3.63, 3.8) is 0 Å². The van der Waals surface area contributed by atoms with Crippen molar-refractivity contribution in [3.8, 4) is 5.75 Å². The Balaban J connectivity index is 2.01. The normalized spacial score (nSPS) is 15.2. The molecule has 1 fully saturated rings. The number of unbranched alkanes of at least 4 members (excludes halogenated alkanes) is 1. The van der Waals surface area contributed by atoms with Gasteiger partial charge in [-0.25, -0.2) is 9.69 Å². The third kappa shape index (κ3) is 4.97. The standard InChI is InChI=1S/C21H18BrN3O6/c1-2-3-9-31-18-8-7-14(22)10-13(18)11-17-19(26)23-21(28)24(20(17)27)15-5-4-6-16(12-15)25(29)30/h4-8,10-12H,2-3,9H2,1H3,(H,23,26,28)/b17-11-. The smallest absolute Gasteiger partial charge is 0.335 e. The van der Waals surface area contributed by atoms with Crippen LogP contribution in [-0.2, 0) is 9.59 Å². The minimum absolute atomic E-state index is 0.0243. The minimum Gasteiger partial charge on any atom is -0.493 e. The van der Waals surface area contributed by atoms with Crippen LogP contribution in [0, 0.1) is 10.1 Å². The van der Waals surface area contributed by atoms with Gasteiger partial charge in [-0.1, -0.05) is 35.3 Å². The van der Waals surface area contributed by atoms with E-state index in [1.165, 1.54) is 24.3 Å². The highest BCUT2D eigenvalue weighted by molar-refractivity contribution is 9.10. The summed E-state index contributed by atoms with van der Waals surface area (Å²) in [6, 6.07) is 9.22. The third-order valence-corrected chi connectivity index (χ3v) is 4.92. The van der Waals surface area contributed by atoms with Crippen LogP contribution in [0.3, 0.4) is 0 Å². The van der Waals surface area contributed by atoms with Gasteiger partial charge in [-0.3, -0.25) is 25.0 Å². The monoisotopic (exact) mass is 487 g/mol. The zero-order valence-corrected chi connectivity index (χ0v) is 18.0. The van der Waals surface area contributed by atoms with Gasteiger partial charge in [0.25, 0.3) is 17.5 Å². The van der Waals surface area contributed by atoms with Gasteiger partial charge >= 0.3 is 6.03 Å². The molecule has 1 saturated heterocycles. The van der Waals surface area contributed by atoms with Crippen LogP contribution in [0.15, 0.2) is 52.5 Å². The molecule has 0 saturated carbocycles. The zero-order valence-electron chi connectivity index (χ0n) is 16.5. The first kappa shape index (κ1) is 22.2. The highest BCUT2D eigenvalue weighted by Crippen LogP contribution is 2.29. The third-order valence-electron chi connectivity index (χ3n) is 4.43. The lowest BCUT2D eigenvalue weighted by Crippen LogP contribution is -2.54. The van der Waals surface area contributed by atoms with Crippen molar-refractivity contribution in [1.29, 1.82) is 0 Å². The molecule has 0 aliphatic carbocycles. The molecule has 1 aliphatic rings. The van der Waals surface area contributed by atoms with E-state index in [4.69, 9.17) is 4.74 Å². The van der Waals surface area contributed by atoms with Crippen molar-refractivity contribution < 1.29 is 24.0 Å². The van der Waals surface area contributed by atoms with E-state index in [1.54, 1.807) is 18.2 Å². The minimum atomic E-state index is -0.985. The maximum atomic E-state index is 13.0. The number of carbonyl (C=O) groups is 3. The number of non-ortho nitro benzene ring substituents is 1. The molecule has 0 bridgehead atoms. The zero-order chi connectivity index (χ0) is 22.5. The summed E-state index contributed by atoms with van der Waals surface area (Å²) in [5.74, 6) is -1.28.